The van der Waals surface area contributed by atoms with Gasteiger partial charge in [0.25, 0.3) is 6.26 Å². The van der Waals surface area contributed by atoms with Crippen LogP contribution in [-0.2, 0) is 14.3 Å². The second-order valence-electron chi connectivity index (χ2n) is 2.73. The van der Waals surface area contributed by atoms with Crippen molar-refractivity contribution in [1.29, 1.82) is 5.26 Å². The van der Waals surface area contributed by atoms with Crippen LogP contribution in [0.3, 0.4) is 0 Å². The first kappa shape index (κ1) is 14.0. The van der Waals surface area contributed by atoms with Gasteiger partial charge in [-0.05, 0) is 0 Å². The van der Waals surface area contributed by atoms with Gasteiger partial charge in [0, 0.05) is 19.6 Å². The average Bonchev–Trinajstić information content (AvgIpc) is 2.29. The third kappa shape index (κ3) is 8.60. The van der Waals surface area contributed by atoms with Crippen molar-refractivity contribution in [2.45, 2.75) is 0 Å². The molecule has 0 atom stereocenters. The Morgan fingerprint density at radius 1 is 1.06 bits per heavy atom. The van der Waals surface area contributed by atoms with E-state index in [2.05, 4.69) is 14.7 Å². The van der Waals surface area contributed by atoms with Crippen molar-refractivity contribution < 1.29 is 14.3 Å². The molecular formula is C9H12N4O3. The summed E-state index contributed by atoms with van der Waals surface area (Å²) in [6.45, 7) is 2.46. The topological polar surface area (TPSA) is 95.1 Å². The van der Waals surface area contributed by atoms with Gasteiger partial charge < -0.3 is 4.74 Å². The summed E-state index contributed by atoms with van der Waals surface area (Å²) in [4.78, 5) is 28.4. The number of ether oxygens (including phenoxy) is 1. The number of hydrogen-bond donors (Lipinski definition) is 0. The van der Waals surface area contributed by atoms with Crippen molar-refractivity contribution in [1.82, 2.24) is 4.90 Å². The van der Waals surface area contributed by atoms with E-state index < -0.39 is 0 Å². The molecule has 0 aliphatic carbocycles. The Balaban J connectivity index is 3.89. The Labute approximate surface area is 93.0 Å². The lowest BCUT2D eigenvalue weighted by atomic mass is 10.4. The molecule has 0 bridgehead atoms. The summed E-state index contributed by atoms with van der Waals surface area (Å²) < 4.78 is 4.52. The molecule has 0 N–H and O–H groups in total. The van der Waals surface area contributed by atoms with E-state index in [1.54, 1.807) is 6.26 Å². The van der Waals surface area contributed by atoms with Crippen LogP contribution in [0.15, 0.2) is 9.98 Å². The second-order valence-corrected chi connectivity index (χ2v) is 2.73. The molecule has 0 heterocycles. The van der Waals surface area contributed by atoms with Crippen LogP contribution in [0.25, 0.3) is 0 Å². The van der Waals surface area contributed by atoms with Crippen LogP contribution < -0.4 is 0 Å². The number of rotatable bonds is 9. The molecule has 0 fully saturated rings. The van der Waals surface area contributed by atoms with Crippen LogP contribution in [0, 0.1) is 11.5 Å². The van der Waals surface area contributed by atoms with Gasteiger partial charge >= 0.3 is 0 Å². The first-order chi connectivity index (χ1) is 7.85. The normalized spacial score (nSPS) is 8.75. The predicted molar refractivity (Wildman–Crippen MR) is 54.0 cm³/mol. The van der Waals surface area contributed by atoms with E-state index in [0.29, 0.717) is 32.7 Å². The fourth-order valence-electron chi connectivity index (χ4n) is 1.03. The maximum absolute atomic E-state index is 9.86. The number of carbonyl (C=O) groups excluding carboxylic acids is 2. The molecule has 0 saturated heterocycles. The van der Waals surface area contributed by atoms with Gasteiger partial charge in [-0.1, -0.05) is 0 Å². The van der Waals surface area contributed by atoms with E-state index in [1.165, 1.54) is 12.2 Å². The molecule has 0 amide bonds. The van der Waals surface area contributed by atoms with Gasteiger partial charge in [-0.15, -0.1) is 0 Å². The van der Waals surface area contributed by atoms with Crippen LogP contribution >= 0.6 is 0 Å². The number of nitrogens with zero attached hydrogens (tertiary/aromatic N) is 4. The highest BCUT2D eigenvalue weighted by Gasteiger charge is 2.03. The molecule has 0 spiro atoms. The van der Waals surface area contributed by atoms with E-state index in [4.69, 9.17) is 5.26 Å². The first-order valence-electron chi connectivity index (χ1n) is 4.65. The van der Waals surface area contributed by atoms with Gasteiger partial charge in [0.1, 0.15) is 6.61 Å². The van der Waals surface area contributed by atoms with E-state index in [1.807, 2.05) is 4.90 Å². The van der Waals surface area contributed by atoms with Crippen LogP contribution in [0.1, 0.15) is 0 Å². The molecule has 0 aromatic heterocycles. The first-order valence-corrected chi connectivity index (χ1v) is 4.65. The van der Waals surface area contributed by atoms with Gasteiger partial charge in [0.2, 0.25) is 12.2 Å². The predicted octanol–water partition coefficient (Wildman–Crippen LogP) is -0.542. The highest BCUT2D eigenvalue weighted by molar-refractivity contribution is 5.33. The Bertz CT molecular complexity index is 291. The zero-order valence-electron chi connectivity index (χ0n) is 8.76. The summed E-state index contributed by atoms with van der Waals surface area (Å²) in [7, 11) is 0. The summed E-state index contributed by atoms with van der Waals surface area (Å²) in [6.07, 6.45) is 4.43. The summed E-state index contributed by atoms with van der Waals surface area (Å²) in [5.74, 6) is 0. The molecule has 0 aromatic carbocycles. The maximum Gasteiger partial charge on any atom is 0.286 e. The Hall–Kier alpha value is -1.99. The van der Waals surface area contributed by atoms with Gasteiger partial charge in [0.15, 0.2) is 0 Å². The monoisotopic (exact) mass is 224 g/mol. The Morgan fingerprint density at radius 2 is 1.62 bits per heavy atom. The number of aliphatic imine (C=N–C) groups is 2. The van der Waals surface area contributed by atoms with Crippen molar-refractivity contribution in [2.75, 3.05) is 39.3 Å². The van der Waals surface area contributed by atoms with E-state index in [0.717, 1.165) is 0 Å². The Kier molecular flexibility index (Phi) is 9.71. The van der Waals surface area contributed by atoms with Crippen molar-refractivity contribution in [3.63, 3.8) is 0 Å². The van der Waals surface area contributed by atoms with Crippen molar-refractivity contribution in [2.24, 2.45) is 9.98 Å². The van der Waals surface area contributed by atoms with E-state index >= 15 is 0 Å². The molecule has 0 saturated carbocycles. The lowest BCUT2D eigenvalue weighted by Gasteiger charge is -2.18. The van der Waals surface area contributed by atoms with Gasteiger partial charge in [-0.2, -0.15) is 5.26 Å². The fourth-order valence-corrected chi connectivity index (χ4v) is 1.03. The molecule has 0 aliphatic heterocycles. The van der Waals surface area contributed by atoms with Gasteiger partial charge in [-0.25, -0.2) is 19.6 Å². The molecule has 7 nitrogen and oxygen atoms in total. The van der Waals surface area contributed by atoms with Crippen LogP contribution in [0.2, 0.25) is 0 Å². The highest BCUT2D eigenvalue weighted by atomic mass is 16.5. The number of isocyanates is 2. The van der Waals surface area contributed by atoms with Crippen molar-refractivity contribution in [3.8, 4) is 6.26 Å². The summed E-state index contributed by atoms with van der Waals surface area (Å²) in [5, 5.41) is 8.18. The summed E-state index contributed by atoms with van der Waals surface area (Å²) >= 11 is 0. The quantitative estimate of drug-likeness (QED) is 0.227. The minimum atomic E-state index is 0.256. The zero-order chi connectivity index (χ0) is 12.1. The number of nitriles is 1. The maximum atomic E-state index is 9.86. The molecule has 0 aliphatic rings. The van der Waals surface area contributed by atoms with Crippen LogP contribution in [0.5, 0.6) is 0 Å². The minimum Gasteiger partial charge on any atom is -0.426 e. The molecule has 86 valence electrons. The van der Waals surface area contributed by atoms with E-state index in [9.17, 15) is 9.59 Å². The molecule has 0 radical (unpaired) electrons. The standard InChI is InChI=1S/C9H12N4O3/c10-7-16-6-5-13(3-1-11-8-14)4-2-12-9-15/h1-6H2. The molecule has 0 rings (SSSR count). The summed E-state index contributed by atoms with van der Waals surface area (Å²) in [6, 6.07) is 0. The van der Waals surface area contributed by atoms with Crippen LogP contribution in [0.4, 0.5) is 0 Å². The third-order valence-electron chi connectivity index (χ3n) is 1.76. The zero-order valence-corrected chi connectivity index (χ0v) is 8.76. The highest BCUT2D eigenvalue weighted by Crippen LogP contribution is 1.89. The van der Waals surface area contributed by atoms with Gasteiger partial charge in [0.05, 0.1) is 13.1 Å². The van der Waals surface area contributed by atoms with Gasteiger partial charge in [-0.3, -0.25) is 4.90 Å². The SMILES string of the molecule is N#COCCN(CCN=C=O)CCN=C=O. The smallest absolute Gasteiger partial charge is 0.286 e. The van der Waals surface area contributed by atoms with Crippen molar-refractivity contribution >= 4 is 12.2 Å². The lowest BCUT2D eigenvalue weighted by Crippen LogP contribution is -2.32. The Morgan fingerprint density at radius 3 is 2.06 bits per heavy atom. The molecule has 0 aromatic rings. The number of hydrogen-bond acceptors (Lipinski definition) is 7. The molecule has 0 unspecified atom stereocenters. The summed E-state index contributed by atoms with van der Waals surface area (Å²) in [5.41, 5.74) is 0. The lowest BCUT2D eigenvalue weighted by molar-refractivity contribution is 0.193. The van der Waals surface area contributed by atoms with Crippen molar-refractivity contribution in [3.05, 3.63) is 0 Å². The molecule has 7 heteroatoms. The van der Waals surface area contributed by atoms with E-state index in [-0.39, 0.29) is 6.61 Å². The minimum absolute atomic E-state index is 0.256. The van der Waals surface area contributed by atoms with Crippen LogP contribution in [-0.4, -0.2) is 56.4 Å². The second kappa shape index (κ2) is 11.1. The average molecular weight is 224 g/mol. The molecule has 16 heavy (non-hydrogen) atoms. The largest absolute Gasteiger partial charge is 0.426 e. The molecular weight excluding hydrogens is 212 g/mol. The third-order valence-corrected chi connectivity index (χ3v) is 1.76. The fraction of sp³-hybridized carbons (Fsp3) is 0.667.